The molecule has 8 heteroatoms. The first-order valence-electron chi connectivity index (χ1n) is 9.95. The minimum absolute atomic E-state index is 0.115. The molecule has 1 atom stereocenters. The average Bonchev–Trinajstić information content (AvgIpc) is 3.31. The lowest BCUT2D eigenvalue weighted by Gasteiger charge is -2.37. The number of aromatic amines is 1. The largest absolute Gasteiger partial charge is 0.377 e. The van der Waals surface area contributed by atoms with Gasteiger partial charge in [0.15, 0.2) is 11.5 Å². The van der Waals surface area contributed by atoms with Gasteiger partial charge in [0.2, 0.25) is 0 Å². The van der Waals surface area contributed by atoms with Crippen molar-refractivity contribution in [1.29, 1.82) is 0 Å². The van der Waals surface area contributed by atoms with E-state index < -0.39 is 0 Å². The monoisotopic (exact) mass is 381 g/mol. The summed E-state index contributed by atoms with van der Waals surface area (Å²) in [5.41, 5.74) is 3.15. The lowest BCUT2D eigenvalue weighted by molar-refractivity contribution is 0.0985. The Labute approximate surface area is 164 Å². The maximum absolute atomic E-state index is 5.64. The molecule has 0 bridgehead atoms. The first-order valence-corrected chi connectivity index (χ1v) is 9.95. The Hall–Kier alpha value is -2.45. The highest BCUT2D eigenvalue weighted by Gasteiger charge is 2.35. The minimum Gasteiger partial charge on any atom is -0.377 e. The third-order valence-corrected chi connectivity index (χ3v) is 6.36. The predicted molar refractivity (Wildman–Crippen MR) is 108 cm³/mol. The maximum Gasteiger partial charge on any atom is 0.177 e. The van der Waals surface area contributed by atoms with Crippen LogP contribution in [0.1, 0.15) is 32.0 Å². The molecule has 0 spiro atoms. The number of morpholine rings is 1. The molecule has 8 nitrogen and oxygen atoms in total. The molecule has 0 aromatic carbocycles. The zero-order valence-corrected chi connectivity index (χ0v) is 16.9. The summed E-state index contributed by atoms with van der Waals surface area (Å²) in [6.07, 6.45) is 2.72. The first-order chi connectivity index (χ1) is 13.5. The molecule has 1 N–H and O–H groups in total. The van der Waals surface area contributed by atoms with Crippen LogP contribution >= 0.6 is 0 Å². The number of hydrogen-bond donors (Lipinski definition) is 1. The smallest absolute Gasteiger partial charge is 0.177 e. The van der Waals surface area contributed by atoms with Gasteiger partial charge in [-0.05, 0) is 39.4 Å². The second-order valence-electron chi connectivity index (χ2n) is 8.37. The summed E-state index contributed by atoms with van der Waals surface area (Å²) in [6.45, 7) is 10.0. The number of likely N-dealkylation sites (N-methyl/N-ethyl adjacent to an activating group) is 1. The van der Waals surface area contributed by atoms with Crippen LogP contribution in [-0.2, 0) is 16.7 Å². The van der Waals surface area contributed by atoms with E-state index in [2.05, 4.69) is 53.9 Å². The van der Waals surface area contributed by atoms with Crippen LogP contribution in [0.15, 0.2) is 18.3 Å². The SMILES string of the molecule is C[C@@H]1COCCN1c1cc2c3c(nn(-c4cc[nH]n4)c3n1)CCN(C)C2(C)C. The molecule has 1 fully saturated rings. The quantitative estimate of drug-likeness (QED) is 0.733. The average molecular weight is 381 g/mol. The van der Waals surface area contributed by atoms with E-state index in [1.807, 2.05) is 16.9 Å². The van der Waals surface area contributed by atoms with E-state index in [0.29, 0.717) is 6.04 Å². The summed E-state index contributed by atoms with van der Waals surface area (Å²) in [6, 6.07) is 4.50. The molecule has 5 heterocycles. The molecule has 3 aromatic heterocycles. The molecule has 0 amide bonds. The summed E-state index contributed by atoms with van der Waals surface area (Å²) in [7, 11) is 2.19. The second-order valence-corrected chi connectivity index (χ2v) is 8.37. The van der Waals surface area contributed by atoms with Gasteiger partial charge in [-0.3, -0.25) is 10.00 Å². The molecule has 0 aliphatic carbocycles. The van der Waals surface area contributed by atoms with Crippen molar-refractivity contribution >= 4 is 16.9 Å². The van der Waals surface area contributed by atoms with E-state index in [0.717, 1.165) is 55.7 Å². The Morgan fingerprint density at radius 3 is 2.86 bits per heavy atom. The molecule has 3 aromatic rings. The Kier molecular flexibility index (Phi) is 3.96. The van der Waals surface area contributed by atoms with Crippen LogP contribution in [0.2, 0.25) is 0 Å². The van der Waals surface area contributed by atoms with Crippen LogP contribution in [0.25, 0.3) is 16.9 Å². The van der Waals surface area contributed by atoms with Crippen molar-refractivity contribution in [3.05, 3.63) is 29.6 Å². The van der Waals surface area contributed by atoms with E-state index in [9.17, 15) is 0 Å². The highest BCUT2D eigenvalue weighted by Crippen LogP contribution is 2.39. The van der Waals surface area contributed by atoms with Crippen LogP contribution in [0, 0.1) is 0 Å². The minimum atomic E-state index is -0.115. The van der Waals surface area contributed by atoms with Crippen LogP contribution in [0.5, 0.6) is 0 Å². The van der Waals surface area contributed by atoms with E-state index >= 15 is 0 Å². The van der Waals surface area contributed by atoms with Crippen LogP contribution in [-0.4, -0.2) is 69.3 Å². The van der Waals surface area contributed by atoms with Gasteiger partial charge in [-0.1, -0.05) is 0 Å². The number of H-pyrrole nitrogens is 1. The lowest BCUT2D eigenvalue weighted by Crippen LogP contribution is -2.44. The fourth-order valence-electron chi connectivity index (χ4n) is 4.34. The number of pyridine rings is 1. The molecular weight excluding hydrogens is 354 g/mol. The molecular formula is C20H27N7O. The number of nitrogens with one attached hydrogen (secondary N) is 1. The molecule has 5 rings (SSSR count). The van der Waals surface area contributed by atoms with Gasteiger partial charge < -0.3 is 9.64 Å². The molecule has 0 radical (unpaired) electrons. The summed E-state index contributed by atoms with van der Waals surface area (Å²) in [4.78, 5) is 9.86. The highest BCUT2D eigenvalue weighted by atomic mass is 16.5. The predicted octanol–water partition coefficient (Wildman–Crippen LogP) is 2.09. The standard InChI is InChI=1S/C20H27N7O/c1-13-12-28-10-9-26(13)17-11-14-18-15(6-8-25(4)20(14,2)3)24-27(19(18)22-17)16-5-7-21-23-16/h5,7,11,13H,6,8-10,12H2,1-4H3,(H,21,23)/t13-/m1/s1. The Morgan fingerprint density at radius 2 is 2.11 bits per heavy atom. The molecule has 0 saturated carbocycles. The molecule has 0 unspecified atom stereocenters. The van der Waals surface area contributed by atoms with Crippen molar-refractivity contribution in [3.8, 4) is 5.82 Å². The fourth-order valence-corrected chi connectivity index (χ4v) is 4.34. The Balaban J connectivity index is 1.80. The number of rotatable bonds is 2. The van der Waals surface area contributed by atoms with E-state index in [1.54, 1.807) is 0 Å². The van der Waals surface area contributed by atoms with Crippen LogP contribution in [0.4, 0.5) is 5.82 Å². The van der Waals surface area contributed by atoms with Gasteiger partial charge >= 0.3 is 0 Å². The fraction of sp³-hybridized carbons (Fsp3) is 0.550. The number of nitrogens with zero attached hydrogens (tertiary/aromatic N) is 6. The normalized spacial score (nSPS) is 22.6. The molecule has 148 valence electrons. The van der Waals surface area contributed by atoms with Crippen molar-refractivity contribution < 1.29 is 4.74 Å². The summed E-state index contributed by atoms with van der Waals surface area (Å²) < 4.78 is 7.53. The van der Waals surface area contributed by atoms with Gasteiger partial charge in [0, 0.05) is 42.7 Å². The maximum atomic E-state index is 5.64. The van der Waals surface area contributed by atoms with Crippen LogP contribution in [0.3, 0.4) is 0 Å². The summed E-state index contributed by atoms with van der Waals surface area (Å²) >= 11 is 0. The number of anilines is 1. The van der Waals surface area contributed by atoms with Gasteiger partial charge in [-0.15, -0.1) is 0 Å². The third-order valence-electron chi connectivity index (χ3n) is 6.36. The second kappa shape index (κ2) is 6.28. The van der Waals surface area contributed by atoms with Gasteiger partial charge in [0.25, 0.3) is 0 Å². The van der Waals surface area contributed by atoms with Gasteiger partial charge in [-0.2, -0.15) is 14.9 Å². The van der Waals surface area contributed by atoms with Crippen molar-refractivity contribution in [2.75, 3.05) is 38.3 Å². The molecule has 2 aliphatic heterocycles. The lowest BCUT2D eigenvalue weighted by atomic mass is 9.91. The van der Waals surface area contributed by atoms with E-state index in [1.165, 1.54) is 10.9 Å². The van der Waals surface area contributed by atoms with Gasteiger partial charge in [-0.25, -0.2) is 4.98 Å². The zero-order chi connectivity index (χ0) is 19.5. The number of hydrogen-bond acceptors (Lipinski definition) is 6. The van der Waals surface area contributed by atoms with Gasteiger partial charge in [0.1, 0.15) is 5.82 Å². The first kappa shape index (κ1) is 17.6. The van der Waals surface area contributed by atoms with Crippen molar-refractivity contribution in [1.82, 2.24) is 29.9 Å². The molecule has 2 aliphatic rings. The van der Waals surface area contributed by atoms with E-state index in [4.69, 9.17) is 14.8 Å². The van der Waals surface area contributed by atoms with Crippen molar-refractivity contribution in [2.45, 2.75) is 38.8 Å². The van der Waals surface area contributed by atoms with Gasteiger partial charge in [0.05, 0.1) is 24.9 Å². The van der Waals surface area contributed by atoms with Crippen molar-refractivity contribution in [2.24, 2.45) is 0 Å². The summed E-state index contributed by atoms with van der Waals surface area (Å²) in [5, 5.41) is 13.4. The summed E-state index contributed by atoms with van der Waals surface area (Å²) in [5.74, 6) is 1.76. The van der Waals surface area contributed by atoms with Crippen molar-refractivity contribution in [3.63, 3.8) is 0 Å². The van der Waals surface area contributed by atoms with Crippen LogP contribution < -0.4 is 4.90 Å². The Morgan fingerprint density at radius 1 is 1.25 bits per heavy atom. The highest BCUT2D eigenvalue weighted by molar-refractivity contribution is 5.87. The molecule has 28 heavy (non-hydrogen) atoms. The number of ether oxygens (including phenoxy) is 1. The molecule has 1 saturated heterocycles. The third kappa shape index (κ3) is 2.55. The van der Waals surface area contributed by atoms with E-state index in [-0.39, 0.29) is 5.54 Å². The zero-order valence-electron chi connectivity index (χ0n) is 16.9. The Bertz CT molecular complexity index is 1010. The number of aromatic nitrogens is 5. The topological polar surface area (TPSA) is 75.1 Å².